The minimum absolute atomic E-state index is 0.258. The largest absolute Gasteiger partial charge is 0.496 e. The van der Waals surface area contributed by atoms with Crippen molar-refractivity contribution < 1.29 is 9.13 Å². The van der Waals surface area contributed by atoms with E-state index in [0.29, 0.717) is 10.9 Å². The van der Waals surface area contributed by atoms with Crippen molar-refractivity contribution in [2.24, 2.45) is 5.73 Å². The molecule has 0 aliphatic carbocycles. The van der Waals surface area contributed by atoms with Crippen LogP contribution in [0.2, 0.25) is 0 Å². The average Bonchev–Trinajstić information content (AvgIpc) is 2.37. The highest BCUT2D eigenvalue weighted by Crippen LogP contribution is 2.29. The number of ether oxygens (including phenoxy) is 1. The lowest BCUT2D eigenvalue weighted by Crippen LogP contribution is -2.14. The van der Waals surface area contributed by atoms with Crippen LogP contribution in [-0.4, -0.2) is 7.11 Å². The van der Waals surface area contributed by atoms with Crippen LogP contribution in [0.25, 0.3) is 0 Å². The van der Waals surface area contributed by atoms with Gasteiger partial charge in [0.15, 0.2) is 0 Å². The van der Waals surface area contributed by atoms with Gasteiger partial charge in [0.2, 0.25) is 0 Å². The molecule has 0 spiro atoms. The quantitative estimate of drug-likeness (QED) is 0.810. The SMILES string of the molecule is COc1cc(Br)ccc1C(N)Cc1cc(F)cc(Br)c1. The zero-order valence-corrected chi connectivity index (χ0v) is 14.0. The van der Waals surface area contributed by atoms with Gasteiger partial charge in [-0.15, -0.1) is 0 Å². The third kappa shape index (κ3) is 3.81. The molecular formula is C15H14Br2FNO. The van der Waals surface area contributed by atoms with Gasteiger partial charge in [-0.25, -0.2) is 4.39 Å². The Morgan fingerprint density at radius 3 is 2.55 bits per heavy atom. The number of benzene rings is 2. The van der Waals surface area contributed by atoms with Crippen molar-refractivity contribution in [2.75, 3.05) is 7.11 Å². The lowest BCUT2D eigenvalue weighted by molar-refractivity contribution is 0.405. The Balaban J connectivity index is 2.25. The Labute approximate surface area is 134 Å². The standard InChI is InChI=1S/C15H14Br2FNO/c1-20-15-8-10(16)2-3-13(15)14(19)6-9-4-11(17)7-12(18)5-9/h2-5,7-8,14H,6,19H2,1H3. The Bertz CT molecular complexity index is 599. The van der Waals surface area contributed by atoms with E-state index in [2.05, 4.69) is 31.9 Å². The monoisotopic (exact) mass is 401 g/mol. The summed E-state index contributed by atoms with van der Waals surface area (Å²) in [6, 6.07) is 10.2. The van der Waals surface area contributed by atoms with E-state index in [1.54, 1.807) is 7.11 Å². The highest BCUT2D eigenvalue weighted by molar-refractivity contribution is 9.10. The van der Waals surface area contributed by atoms with Crippen molar-refractivity contribution in [3.8, 4) is 5.75 Å². The van der Waals surface area contributed by atoms with E-state index in [1.165, 1.54) is 12.1 Å². The Morgan fingerprint density at radius 1 is 1.15 bits per heavy atom. The van der Waals surface area contributed by atoms with Gasteiger partial charge in [0, 0.05) is 20.6 Å². The highest BCUT2D eigenvalue weighted by atomic mass is 79.9. The van der Waals surface area contributed by atoms with Gasteiger partial charge < -0.3 is 10.5 Å². The normalized spacial score (nSPS) is 12.2. The number of rotatable bonds is 4. The molecule has 0 saturated heterocycles. The molecule has 0 fully saturated rings. The first-order valence-corrected chi connectivity index (χ1v) is 7.62. The van der Waals surface area contributed by atoms with E-state index in [0.717, 1.165) is 21.3 Å². The maximum Gasteiger partial charge on any atom is 0.124 e. The Hall–Kier alpha value is -0.910. The molecule has 0 saturated carbocycles. The van der Waals surface area contributed by atoms with Crippen LogP contribution < -0.4 is 10.5 Å². The molecule has 2 rings (SSSR count). The van der Waals surface area contributed by atoms with Gasteiger partial charge >= 0.3 is 0 Å². The summed E-state index contributed by atoms with van der Waals surface area (Å²) < 4.78 is 20.4. The summed E-state index contributed by atoms with van der Waals surface area (Å²) >= 11 is 6.68. The van der Waals surface area contributed by atoms with Gasteiger partial charge in [-0.1, -0.05) is 37.9 Å². The molecular weight excluding hydrogens is 389 g/mol. The molecule has 0 aliphatic heterocycles. The number of nitrogens with two attached hydrogens (primary N) is 1. The molecule has 2 N–H and O–H groups in total. The van der Waals surface area contributed by atoms with Gasteiger partial charge in [-0.3, -0.25) is 0 Å². The summed E-state index contributed by atoms with van der Waals surface area (Å²) in [7, 11) is 1.61. The highest BCUT2D eigenvalue weighted by Gasteiger charge is 2.13. The molecule has 1 unspecified atom stereocenters. The summed E-state index contributed by atoms with van der Waals surface area (Å²) in [5, 5.41) is 0. The summed E-state index contributed by atoms with van der Waals surface area (Å²) in [6.45, 7) is 0. The fourth-order valence-electron chi connectivity index (χ4n) is 2.08. The second kappa shape index (κ2) is 6.70. The topological polar surface area (TPSA) is 35.2 Å². The minimum Gasteiger partial charge on any atom is -0.496 e. The molecule has 2 nitrogen and oxygen atoms in total. The van der Waals surface area contributed by atoms with Gasteiger partial charge in [0.05, 0.1) is 7.11 Å². The van der Waals surface area contributed by atoms with Gasteiger partial charge in [-0.05, 0) is 42.3 Å². The molecule has 2 aromatic carbocycles. The first-order valence-electron chi connectivity index (χ1n) is 6.03. The van der Waals surface area contributed by atoms with Crippen LogP contribution in [0.3, 0.4) is 0 Å². The second-order valence-corrected chi connectivity index (χ2v) is 6.31. The van der Waals surface area contributed by atoms with Crippen molar-refractivity contribution >= 4 is 31.9 Å². The van der Waals surface area contributed by atoms with E-state index in [1.807, 2.05) is 24.3 Å². The van der Waals surface area contributed by atoms with Crippen molar-refractivity contribution in [1.29, 1.82) is 0 Å². The van der Waals surface area contributed by atoms with Gasteiger partial charge in [-0.2, -0.15) is 0 Å². The smallest absolute Gasteiger partial charge is 0.124 e. The van der Waals surface area contributed by atoms with E-state index in [9.17, 15) is 4.39 Å². The Kier molecular flexibility index (Phi) is 5.18. The maximum absolute atomic E-state index is 13.4. The molecule has 2 aromatic rings. The summed E-state index contributed by atoms with van der Waals surface area (Å²) in [6.07, 6.45) is 0.536. The van der Waals surface area contributed by atoms with Crippen LogP contribution in [0.15, 0.2) is 45.3 Å². The van der Waals surface area contributed by atoms with E-state index in [-0.39, 0.29) is 11.9 Å². The minimum atomic E-state index is -0.274. The fourth-order valence-corrected chi connectivity index (χ4v) is 2.94. The zero-order chi connectivity index (χ0) is 14.7. The molecule has 0 amide bonds. The number of hydrogen-bond acceptors (Lipinski definition) is 2. The van der Waals surface area contributed by atoms with E-state index >= 15 is 0 Å². The Morgan fingerprint density at radius 2 is 1.90 bits per heavy atom. The molecule has 20 heavy (non-hydrogen) atoms. The lowest BCUT2D eigenvalue weighted by atomic mass is 9.99. The third-order valence-electron chi connectivity index (χ3n) is 2.97. The maximum atomic E-state index is 13.4. The third-order valence-corrected chi connectivity index (χ3v) is 3.92. The summed E-state index contributed by atoms with van der Waals surface area (Å²) in [4.78, 5) is 0. The van der Waals surface area contributed by atoms with Crippen LogP contribution in [0.1, 0.15) is 17.2 Å². The second-order valence-electron chi connectivity index (χ2n) is 4.47. The van der Waals surface area contributed by atoms with Crippen LogP contribution in [-0.2, 0) is 6.42 Å². The van der Waals surface area contributed by atoms with Crippen molar-refractivity contribution in [3.63, 3.8) is 0 Å². The predicted octanol–water partition coefficient (Wildman–Crippen LogP) is 4.60. The molecule has 0 bridgehead atoms. The first kappa shape index (κ1) is 15.5. The predicted molar refractivity (Wildman–Crippen MR) is 85.4 cm³/mol. The van der Waals surface area contributed by atoms with Crippen molar-refractivity contribution in [3.05, 3.63) is 62.3 Å². The summed E-state index contributed by atoms with van der Waals surface area (Å²) in [5.41, 5.74) is 7.96. The number of methoxy groups -OCH3 is 1. The molecule has 0 aliphatic rings. The van der Waals surface area contributed by atoms with Crippen molar-refractivity contribution in [2.45, 2.75) is 12.5 Å². The fraction of sp³-hybridized carbons (Fsp3) is 0.200. The van der Waals surface area contributed by atoms with Crippen LogP contribution in [0.4, 0.5) is 4.39 Å². The molecule has 106 valence electrons. The molecule has 1 atom stereocenters. The first-order chi connectivity index (χ1) is 9.49. The van der Waals surface area contributed by atoms with Crippen LogP contribution >= 0.6 is 31.9 Å². The van der Waals surface area contributed by atoms with Gasteiger partial charge in [0.1, 0.15) is 11.6 Å². The van der Waals surface area contributed by atoms with E-state index < -0.39 is 0 Å². The van der Waals surface area contributed by atoms with Gasteiger partial charge in [0.25, 0.3) is 0 Å². The lowest BCUT2D eigenvalue weighted by Gasteiger charge is -2.16. The van der Waals surface area contributed by atoms with Crippen LogP contribution in [0, 0.1) is 5.82 Å². The van der Waals surface area contributed by atoms with Crippen molar-refractivity contribution in [1.82, 2.24) is 0 Å². The molecule has 0 radical (unpaired) electrons. The van der Waals surface area contributed by atoms with E-state index in [4.69, 9.17) is 10.5 Å². The molecule has 5 heteroatoms. The molecule has 0 heterocycles. The average molecular weight is 403 g/mol. The summed E-state index contributed by atoms with van der Waals surface area (Å²) in [5.74, 6) is 0.451. The van der Waals surface area contributed by atoms with Crippen LogP contribution in [0.5, 0.6) is 5.75 Å². The number of halogens is 3. The number of hydrogen-bond donors (Lipinski definition) is 1. The zero-order valence-electron chi connectivity index (χ0n) is 10.9. The molecule has 0 aromatic heterocycles.